The second-order valence-corrected chi connectivity index (χ2v) is 5.18. The van der Waals surface area contributed by atoms with E-state index in [1.807, 2.05) is 12.1 Å². The van der Waals surface area contributed by atoms with E-state index >= 15 is 0 Å². The first-order valence-corrected chi connectivity index (χ1v) is 6.53. The Morgan fingerprint density at radius 1 is 1.32 bits per heavy atom. The van der Waals surface area contributed by atoms with Crippen molar-refractivity contribution >= 4 is 5.69 Å². The van der Waals surface area contributed by atoms with E-state index in [0.717, 1.165) is 24.1 Å². The van der Waals surface area contributed by atoms with E-state index in [1.54, 1.807) is 19.9 Å². The molecule has 1 aliphatic rings. The van der Waals surface area contributed by atoms with Crippen LogP contribution in [0.2, 0.25) is 0 Å². The first-order chi connectivity index (χ1) is 8.88. The lowest BCUT2D eigenvalue weighted by Gasteiger charge is -2.33. The lowest BCUT2D eigenvalue weighted by Crippen LogP contribution is -2.40. The van der Waals surface area contributed by atoms with Gasteiger partial charge in [-0.25, -0.2) is 0 Å². The standard InChI is InChI=1S/C14H19F3N2/c1-10(2)19(9-14(15,16)17)13-5-3-4-11-6-7-18-8-12(11)13/h3-5,10,18H,6-9H2,1-2H3. The van der Waals surface area contributed by atoms with Gasteiger partial charge in [0.1, 0.15) is 6.54 Å². The molecule has 1 N–H and O–H groups in total. The van der Waals surface area contributed by atoms with Gasteiger partial charge in [0.05, 0.1) is 0 Å². The number of nitrogens with one attached hydrogen (secondary N) is 1. The van der Waals surface area contributed by atoms with Gasteiger partial charge in [-0.1, -0.05) is 12.1 Å². The van der Waals surface area contributed by atoms with Crippen molar-refractivity contribution in [3.8, 4) is 0 Å². The Labute approximate surface area is 111 Å². The third-order valence-corrected chi connectivity index (χ3v) is 3.40. The van der Waals surface area contributed by atoms with Crippen LogP contribution >= 0.6 is 0 Å². The minimum atomic E-state index is -4.19. The van der Waals surface area contributed by atoms with E-state index in [-0.39, 0.29) is 6.04 Å². The highest BCUT2D eigenvalue weighted by atomic mass is 19.4. The van der Waals surface area contributed by atoms with E-state index < -0.39 is 12.7 Å². The van der Waals surface area contributed by atoms with Gasteiger partial charge in [-0.15, -0.1) is 0 Å². The fraction of sp³-hybridized carbons (Fsp3) is 0.571. The van der Waals surface area contributed by atoms with Crippen molar-refractivity contribution in [3.63, 3.8) is 0 Å². The van der Waals surface area contributed by atoms with Crippen LogP contribution < -0.4 is 10.2 Å². The average Bonchev–Trinajstić information content (AvgIpc) is 2.34. The maximum atomic E-state index is 12.7. The Hall–Kier alpha value is -1.23. The average molecular weight is 272 g/mol. The van der Waals surface area contributed by atoms with Gasteiger partial charge in [0.15, 0.2) is 0 Å². The quantitative estimate of drug-likeness (QED) is 0.909. The molecule has 0 fully saturated rings. The Morgan fingerprint density at radius 2 is 2.05 bits per heavy atom. The Balaban J connectivity index is 2.37. The fourth-order valence-corrected chi connectivity index (χ4v) is 2.50. The number of alkyl halides is 3. The summed E-state index contributed by atoms with van der Waals surface area (Å²) in [4.78, 5) is 1.44. The predicted octanol–water partition coefficient (Wildman–Crippen LogP) is 3.11. The molecule has 0 aliphatic carbocycles. The number of fused-ring (bicyclic) bond motifs is 1. The number of hydrogen-bond donors (Lipinski definition) is 1. The van der Waals surface area contributed by atoms with E-state index in [1.165, 1.54) is 4.90 Å². The number of anilines is 1. The number of hydrogen-bond acceptors (Lipinski definition) is 2. The second-order valence-electron chi connectivity index (χ2n) is 5.18. The molecule has 106 valence electrons. The molecule has 0 spiro atoms. The molecular formula is C14H19F3N2. The topological polar surface area (TPSA) is 15.3 Å². The molecule has 1 aliphatic heterocycles. The number of halogens is 3. The van der Waals surface area contributed by atoms with Gasteiger partial charge < -0.3 is 10.2 Å². The lowest BCUT2D eigenvalue weighted by molar-refractivity contribution is -0.120. The van der Waals surface area contributed by atoms with E-state index in [4.69, 9.17) is 0 Å². The zero-order valence-corrected chi connectivity index (χ0v) is 11.2. The number of nitrogens with zero attached hydrogens (tertiary/aromatic N) is 1. The Bertz CT molecular complexity index is 441. The minimum absolute atomic E-state index is 0.185. The van der Waals surface area contributed by atoms with Crippen LogP contribution in [-0.4, -0.2) is 25.3 Å². The molecule has 5 heteroatoms. The molecule has 0 amide bonds. The highest BCUT2D eigenvalue weighted by Gasteiger charge is 2.33. The predicted molar refractivity (Wildman–Crippen MR) is 70.4 cm³/mol. The van der Waals surface area contributed by atoms with E-state index in [9.17, 15) is 13.2 Å². The van der Waals surface area contributed by atoms with Crippen molar-refractivity contribution in [2.24, 2.45) is 0 Å². The summed E-state index contributed by atoms with van der Waals surface area (Å²) in [5.74, 6) is 0. The van der Waals surface area contributed by atoms with E-state index in [2.05, 4.69) is 5.32 Å². The van der Waals surface area contributed by atoms with E-state index in [0.29, 0.717) is 12.2 Å². The van der Waals surface area contributed by atoms with Crippen LogP contribution in [0.4, 0.5) is 18.9 Å². The molecule has 0 unspecified atom stereocenters. The lowest BCUT2D eigenvalue weighted by atomic mass is 9.98. The van der Waals surface area contributed by atoms with Crippen LogP contribution in [0.15, 0.2) is 18.2 Å². The summed E-state index contributed by atoms with van der Waals surface area (Å²) in [7, 11) is 0. The van der Waals surface area contributed by atoms with Crippen LogP contribution in [0.5, 0.6) is 0 Å². The normalized spacial score (nSPS) is 15.5. The third kappa shape index (κ3) is 3.41. The Morgan fingerprint density at radius 3 is 2.68 bits per heavy atom. The minimum Gasteiger partial charge on any atom is -0.360 e. The molecule has 0 saturated carbocycles. The van der Waals surface area contributed by atoms with Gasteiger partial charge in [-0.2, -0.15) is 13.2 Å². The monoisotopic (exact) mass is 272 g/mol. The third-order valence-electron chi connectivity index (χ3n) is 3.40. The van der Waals surface area contributed by atoms with Gasteiger partial charge in [0.25, 0.3) is 0 Å². The molecule has 19 heavy (non-hydrogen) atoms. The highest BCUT2D eigenvalue weighted by Crippen LogP contribution is 2.30. The maximum absolute atomic E-state index is 12.7. The van der Waals surface area contributed by atoms with Crippen LogP contribution in [0, 0.1) is 0 Å². The Kier molecular flexibility index (Phi) is 4.04. The number of rotatable bonds is 3. The first-order valence-electron chi connectivity index (χ1n) is 6.53. The molecule has 0 atom stereocenters. The summed E-state index contributed by atoms with van der Waals surface area (Å²) in [5, 5.41) is 3.23. The van der Waals surface area contributed by atoms with Gasteiger partial charge in [-0.05, 0) is 44.0 Å². The largest absolute Gasteiger partial charge is 0.405 e. The molecule has 2 nitrogen and oxygen atoms in total. The summed E-state index contributed by atoms with van der Waals surface area (Å²) >= 11 is 0. The number of benzene rings is 1. The summed E-state index contributed by atoms with van der Waals surface area (Å²) < 4.78 is 38.2. The molecule has 0 saturated heterocycles. The first kappa shape index (κ1) is 14.2. The molecular weight excluding hydrogens is 253 g/mol. The maximum Gasteiger partial charge on any atom is 0.405 e. The molecule has 1 heterocycles. The summed E-state index contributed by atoms with van der Waals surface area (Å²) in [6.07, 6.45) is -3.31. The van der Waals surface area contributed by atoms with Crippen LogP contribution in [0.25, 0.3) is 0 Å². The van der Waals surface area contributed by atoms with Gasteiger partial charge in [0.2, 0.25) is 0 Å². The van der Waals surface area contributed by atoms with Crippen molar-refractivity contribution in [2.75, 3.05) is 18.0 Å². The van der Waals surface area contributed by atoms with Crippen LogP contribution in [-0.2, 0) is 13.0 Å². The van der Waals surface area contributed by atoms with Crippen molar-refractivity contribution < 1.29 is 13.2 Å². The zero-order chi connectivity index (χ0) is 14.0. The highest BCUT2D eigenvalue weighted by molar-refractivity contribution is 5.58. The van der Waals surface area contributed by atoms with Crippen LogP contribution in [0.3, 0.4) is 0 Å². The van der Waals surface area contributed by atoms with Crippen LogP contribution in [0.1, 0.15) is 25.0 Å². The zero-order valence-electron chi connectivity index (χ0n) is 11.2. The molecule has 0 bridgehead atoms. The van der Waals surface area contributed by atoms with Gasteiger partial charge >= 0.3 is 6.18 Å². The van der Waals surface area contributed by atoms with Crippen molar-refractivity contribution in [2.45, 2.75) is 39.0 Å². The summed E-state index contributed by atoms with van der Waals surface area (Å²) in [5.41, 5.74) is 2.87. The van der Waals surface area contributed by atoms with Crippen molar-refractivity contribution in [1.29, 1.82) is 0 Å². The fourth-order valence-electron chi connectivity index (χ4n) is 2.50. The van der Waals surface area contributed by atoms with Gasteiger partial charge in [0, 0.05) is 18.3 Å². The summed E-state index contributed by atoms with van der Waals surface area (Å²) in [6, 6.07) is 5.46. The van der Waals surface area contributed by atoms with Crippen molar-refractivity contribution in [3.05, 3.63) is 29.3 Å². The molecule has 1 aromatic rings. The smallest absolute Gasteiger partial charge is 0.360 e. The second kappa shape index (κ2) is 5.41. The van der Waals surface area contributed by atoms with Crippen molar-refractivity contribution in [1.82, 2.24) is 5.32 Å². The molecule has 1 aromatic carbocycles. The SMILES string of the molecule is CC(C)N(CC(F)(F)F)c1cccc2c1CNCC2. The van der Waals surface area contributed by atoms with Gasteiger partial charge in [-0.3, -0.25) is 0 Å². The summed E-state index contributed by atoms with van der Waals surface area (Å²) in [6.45, 7) is 4.22. The molecule has 0 aromatic heterocycles. The molecule has 0 radical (unpaired) electrons. The molecule has 2 rings (SSSR count).